The summed E-state index contributed by atoms with van der Waals surface area (Å²) < 4.78 is 66.8. The maximum Gasteiger partial charge on any atom is 0.335 e. The number of hydrogen-bond donors (Lipinski definition) is 1. The number of imidazole rings is 1. The lowest BCUT2D eigenvalue weighted by Crippen LogP contribution is -2.35. The third-order valence-electron chi connectivity index (χ3n) is 8.74. The molecule has 2 fully saturated rings. The van der Waals surface area contributed by atoms with Crippen molar-refractivity contribution in [3.63, 3.8) is 0 Å². The summed E-state index contributed by atoms with van der Waals surface area (Å²) in [6.45, 7) is 3.31. The van der Waals surface area contributed by atoms with Gasteiger partial charge in [-0.3, -0.25) is 4.90 Å². The van der Waals surface area contributed by atoms with Crippen molar-refractivity contribution in [1.29, 1.82) is 0 Å². The van der Waals surface area contributed by atoms with Crippen LogP contribution < -0.4 is 9.47 Å². The monoisotopic (exact) mass is 621 g/mol. The standard InChI is InChI=1S/C34H33ClFN3O5/c1-42-30-16-22(35)6-7-26(30)31-17-27(36)25-4-2-3-24(33(25)44-31)20-9-12-38(13-10-20)19-32-37-28-8-5-21(34(40)41)15-29(28)39(32)18-23-11-14-43-23/h2-8,15-17,20,23,31H,9-14,18-19H2,1H3,(H,40,41)/t23-,31+/m0/s1/i1D3,31D. The molecular weight excluding hydrogens is 585 g/mol. The van der Waals surface area contributed by atoms with Gasteiger partial charge in [-0.2, -0.15) is 0 Å². The molecule has 0 bridgehead atoms. The molecule has 7 rings (SSSR count). The average molecular weight is 622 g/mol. The molecule has 2 atom stereocenters. The fourth-order valence-corrected chi connectivity index (χ4v) is 6.45. The number of halogens is 2. The van der Waals surface area contributed by atoms with Gasteiger partial charge in [-0.25, -0.2) is 14.2 Å². The molecular formula is C34H33ClFN3O5. The van der Waals surface area contributed by atoms with Crippen molar-refractivity contribution in [2.45, 2.75) is 50.5 Å². The van der Waals surface area contributed by atoms with Crippen molar-refractivity contribution in [1.82, 2.24) is 14.5 Å². The van der Waals surface area contributed by atoms with Crippen LogP contribution in [0.2, 0.25) is 5.02 Å². The lowest BCUT2D eigenvalue weighted by molar-refractivity contribution is -0.0592. The number of rotatable bonds is 8. The van der Waals surface area contributed by atoms with Gasteiger partial charge in [0.15, 0.2) is 0 Å². The minimum atomic E-state index is -2.82. The smallest absolute Gasteiger partial charge is 0.335 e. The lowest BCUT2D eigenvalue weighted by atomic mass is 9.86. The molecule has 3 aliphatic heterocycles. The van der Waals surface area contributed by atoms with Gasteiger partial charge in [0.1, 0.15) is 29.2 Å². The molecule has 1 aromatic heterocycles. The summed E-state index contributed by atoms with van der Waals surface area (Å²) in [7, 11) is -2.82. The second-order valence-electron chi connectivity index (χ2n) is 11.4. The third-order valence-corrected chi connectivity index (χ3v) is 8.97. The highest BCUT2D eigenvalue weighted by atomic mass is 35.5. The topological polar surface area (TPSA) is 86.1 Å². The first kappa shape index (κ1) is 24.4. The summed E-state index contributed by atoms with van der Waals surface area (Å²) in [6.07, 6.45) is 1.38. The fraction of sp³-hybridized carbons (Fsp3) is 0.353. The number of likely N-dealkylation sites (tertiary alicyclic amines) is 1. The number of methoxy groups -OCH3 is 1. The Hall–Kier alpha value is -3.92. The van der Waals surface area contributed by atoms with E-state index in [-0.39, 0.29) is 45.2 Å². The van der Waals surface area contributed by atoms with Gasteiger partial charge in [0.05, 0.1) is 53.9 Å². The highest BCUT2D eigenvalue weighted by Gasteiger charge is 2.31. The number of para-hydroxylation sites is 1. The average Bonchev–Trinajstić information content (AvgIpc) is 3.34. The molecule has 0 amide bonds. The molecule has 0 saturated carbocycles. The fourth-order valence-electron chi connectivity index (χ4n) is 6.29. The zero-order chi connectivity index (χ0) is 33.8. The van der Waals surface area contributed by atoms with Crippen molar-refractivity contribution in [2.75, 3.05) is 26.7 Å². The van der Waals surface area contributed by atoms with Gasteiger partial charge in [0.2, 0.25) is 0 Å². The zero-order valence-corrected chi connectivity index (χ0v) is 24.5. The van der Waals surface area contributed by atoms with Crippen molar-refractivity contribution in [3.05, 3.63) is 93.8 Å². The number of benzene rings is 3. The molecule has 228 valence electrons. The van der Waals surface area contributed by atoms with Crippen LogP contribution in [0, 0.1) is 0 Å². The Balaban J connectivity index is 1.12. The van der Waals surface area contributed by atoms with Crippen molar-refractivity contribution < 1.29 is 34.0 Å². The van der Waals surface area contributed by atoms with Gasteiger partial charge in [0.25, 0.3) is 0 Å². The number of hydrogen-bond acceptors (Lipinski definition) is 6. The van der Waals surface area contributed by atoms with E-state index >= 15 is 4.39 Å². The molecule has 10 heteroatoms. The van der Waals surface area contributed by atoms with Gasteiger partial charge in [0, 0.05) is 17.2 Å². The van der Waals surface area contributed by atoms with Gasteiger partial charge in [-0.1, -0.05) is 23.7 Å². The van der Waals surface area contributed by atoms with Crippen LogP contribution in [0.5, 0.6) is 11.5 Å². The molecule has 2 saturated heterocycles. The first-order valence-electron chi connectivity index (χ1n) is 16.6. The number of aromatic nitrogens is 2. The molecule has 0 radical (unpaired) electrons. The summed E-state index contributed by atoms with van der Waals surface area (Å²) >= 11 is 6.12. The van der Waals surface area contributed by atoms with E-state index in [0.29, 0.717) is 19.7 Å². The second kappa shape index (κ2) is 11.9. The SMILES string of the molecule is [2H]C([2H])([2H])Oc1cc(Cl)ccc1[C@@]1([2H])C=C(F)c2cccc(C3CCN(Cc4nc5ccc(C(=O)O)cc5n4C[C@@H]4CCO4)CC3)c2O1. The lowest BCUT2D eigenvalue weighted by Gasteiger charge is -2.34. The molecule has 0 unspecified atom stereocenters. The van der Waals surface area contributed by atoms with Crippen LogP contribution >= 0.6 is 11.6 Å². The Morgan fingerprint density at radius 3 is 2.77 bits per heavy atom. The normalized spacial score (nSPS) is 23.8. The predicted octanol–water partition coefficient (Wildman–Crippen LogP) is 7.01. The second-order valence-corrected chi connectivity index (χ2v) is 11.8. The Morgan fingerprint density at radius 2 is 2.02 bits per heavy atom. The minimum absolute atomic E-state index is 0.00924. The molecule has 4 heterocycles. The first-order valence-corrected chi connectivity index (χ1v) is 15.0. The number of nitrogens with zero attached hydrogens (tertiary/aromatic N) is 3. The van der Waals surface area contributed by atoms with Crippen LogP contribution in [0.3, 0.4) is 0 Å². The van der Waals surface area contributed by atoms with Crippen molar-refractivity contribution in [3.8, 4) is 11.5 Å². The molecule has 0 aliphatic carbocycles. The van der Waals surface area contributed by atoms with E-state index in [4.69, 9.17) is 34.9 Å². The van der Waals surface area contributed by atoms with Gasteiger partial charge >= 0.3 is 5.97 Å². The largest absolute Gasteiger partial charge is 0.496 e. The summed E-state index contributed by atoms with van der Waals surface area (Å²) in [6, 6.07) is 14.4. The highest BCUT2D eigenvalue weighted by molar-refractivity contribution is 6.30. The number of fused-ring (bicyclic) bond motifs is 2. The first-order chi connectivity index (χ1) is 22.9. The minimum Gasteiger partial charge on any atom is -0.496 e. The number of carbonyl (C=O) groups is 1. The van der Waals surface area contributed by atoms with Crippen LogP contribution in [0.25, 0.3) is 16.9 Å². The van der Waals surface area contributed by atoms with E-state index in [1.165, 1.54) is 18.2 Å². The molecule has 0 spiro atoms. The van der Waals surface area contributed by atoms with E-state index in [0.717, 1.165) is 60.8 Å². The van der Waals surface area contributed by atoms with Crippen molar-refractivity contribution >= 4 is 34.4 Å². The van der Waals surface area contributed by atoms with Crippen LogP contribution in [-0.2, 0) is 17.8 Å². The Morgan fingerprint density at radius 1 is 1.18 bits per heavy atom. The molecule has 3 aromatic carbocycles. The molecule has 4 aromatic rings. The van der Waals surface area contributed by atoms with Crippen LogP contribution in [0.4, 0.5) is 4.39 Å². The van der Waals surface area contributed by atoms with E-state index in [9.17, 15) is 11.3 Å². The van der Waals surface area contributed by atoms with Gasteiger partial charge in [-0.05, 0) is 92.4 Å². The zero-order valence-electron chi connectivity index (χ0n) is 27.8. The maximum absolute atomic E-state index is 15.7. The Bertz CT molecular complexity index is 1920. The molecule has 3 aliphatic rings. The summed E-state index contributed by atoms with van der Waals surface area (Å²) in [5, 5.41) is 9.76. The van der Waals surface area contributed by atoms with E-state index < -0.39 is 24.9 Å². The van der Waals surface area contributed by atoms with Crippen LogP contribution in [0.15, 0.2) is 60.7 Å². The molecule has 44 heavy (non-hydrogen) atoms. The summed E-state index contributed by atoms with van der Waals surface area (Å²) in [5.74, 6) is -0.736. The van der Waals surface area contributed by atoms with E-state index in [2.05, 4.69) is 9.47 Å². The number of aromatic carboxylic acids is 1. The molecule has 1 N–H and O–H groups in total. The summed E-state index contributed by atoms with van der Waals surface area (Å²) in [5.41, 5.74) is 2.73. The Kier molecular flexibility index (Phi) is 6.59. The van der Waals surface area contributed by atoms with Crippen LogP contribution in [-0.4, -0.2) is 58.4 Å². The maximum atomic E-state index is 15.7. The van der Waals surface area contributed by atoms with E-state index in [1.54, 1.807) is 30.3 Å². The van der Waals surface area contributed by atoms with Crippen molar-refractivity contribution in [2.24, 2.45) is 0 Å². The number of piperidine rings is 1. The van der Waals surface area contributed by atoms with E-state index in [1.807, 2.05) is 6.07 Å². The number of ether oxygens (including phenoxy) is 3. The number of carboxylic acids is 1. The number of carboxylic acid groups (broad SMARTS) is 1. The third kappa shape index (κ3) is 5.44. The Labute approximate surface area is 265 Å². The predicted molar refractivity (Wildman–Crippen MR) is 165 cm³/mol. The quantitative estimate of drug-likeness (QED) is 0.226. The van der Waals surface area contributed by atoms with Gasteiger partial charge < -0.3 is 23.9 Å². The highest BCUT2D eigenvalue weighted by Crippen LogP contribution is 2.46. The molecule has 8 nitrogen and oxygen atoms in total. The van der Waals surface area contributed by atoms with Gasteiger partial charge in [-0.15, -0.1) is 0 Å². The summed E-state index contributed by atoms with van der Waals surface area (Å²) in [4.78, 5) is 18.8. The van der Waals surface area contributed by atoms with Crippen LogP contribution in [0.1, 0.15) is 69.6 Å².